The van der Waals surface area contributed by atoms with E-state index in [-0.39, 0.29) is 17.1 Å². The van der Waals surface area contributed by atoms with Gasteiger partial charge in [0.25, 0.3) is 0 Å². The Bertz CT molecular complexity index is 799. The maximum Gasteiger partial charge on any atom is 0.205 e. The van der Waals surface area contributed by atoms with Gasteiger partial charge in [0.1, 0.15) is 17.4 Å². The molecule has 1 unspecified atom stereocenters. The molecule has 1 aliphatic heterocycles. The van der Waals surface area contributed by atoms with Crippen LogP contribution in [0.4, 0.5) is 0 Å². The molecular weight excluding hydrogens is 403 g/mol. The van der Waals surface area contributed by atoms with Crippen LogP contribution in [0.15, 0.2) is 47.1 Å². The van der Waals surface area contributed by atoms with Gasteiger partial charge in [-0.05, 0) is 45.7 Å². The molecule has 118 valence electrons. The summed E-state index contributed by atoms with van der Waals surface area (Å²) < 4.78 is 6.72. The van der Waals surface area contributed by atoms with Crippen molar-refractivity contribution in [3.63, 3.8) is 0 Å². The van der Waals surface area contributed by atoms with E-state index in [9.17, 15) is 10.1 Å². The second-order valence-corrected chi connectivity index (χ2v) is 8.00. The molecule has 0 saturated heterocycles. The third-order valence-corrected chi connectivity index (χ3v) is 4.93. The van der Waals surface area contributed by atoms with Gasteiger partial charge in [-0.1, -0.05) is 26.0 Å². The minimum absolute atomic E-state index is 0.0420. The third kappa shape index (κ3) is 2.88. The fraction of sp³-hybridized carbons (Fsp3) is 0.333. The summed E-state index contributed by atoms with van der Waals surface area (Å²) in [6, 6.07) is 9.95. The number of nitrogens with two attached hydrogens (primary N) is 1. The molecule has 0 bridgehead atoms. The van der Waals surface area contributed by atoms with Crippen LogP contribution in [-0.4, -0.2) is 5.78 Å². The summed E-state index contributed by atoms with van der Waals surface area (Å²) in [5.74, 6) is 0.342. The summed E-state index contributed by atoms with van der Waals surface area (Å²) >= 11 is 2.22. The molecule has 0 saturated carbocycles. The molecular formula is C18H17IN2O2. The second kappa shape index (κ2) is 5.68. The van der Waals surface area contributed by atoms with Crippen molar-refractivity contribution < 1.29 is 9.53 Å². The summed E-state index contributed by atoms with van der Waals surface area (Å²) in [7, 11) is 0. The summed E-state index contributed by atoms with van der Waals surface area (Å²) in [6.45, 7) is 4.08. The molecule has 4 nitrogen and oxygen atoms in total. The Hall–Kier alpha value is -1.81. The van der Waals surface area contributed by atoms with Crippen molar-refractivity contribution in [2.45, 2.75) is 32.6 Å². The Morgan fingerprint density at radius 3 is 2.78 bits per heavy atom. The molecule has 1 aromatic rings. The van der Waals surface area contributed by atoms with Gasteiger partial charge in [-0.3, -0.25) is 4.79 Å². The van der Waals surface area contributed by atoms with Crippen molar-refractivity contribution in [3.05, 3.63) is 56.2 Å². The first-order valence-corrected chi connectivity index (χ1v) is 8.49. The van der Waals surface area contributed by atoms with Crippen LogP contribution < -0.4 is 5.73 Å². The molecule has 2 N–H and O–H groups in total. The average molecular weight is 420 g/mol. The fourth-order valence-electron chi connectivity index (χ4n) is 3.30. The molecule has 1 atom stereocenters. The lowest BCUT2D eigenvalue weighted by atomic mass is 9.70. The Morgan fingerprint density at radius 1 is 1.39 bits per heavy atom. The number of nitrogens with zero attached hydrogens (tertiary/aromatic N) is 1. The molecule has 0 amide bonds. The molecule has 0 aromatic heterocycles. The highest BCUT2D eigenvalue weighted by Gasteiger charge is 2.42. The number of carbonyl (C=O) groups excluding carboxylic acids is 1. The zero-order chi connectivity index (χ0) is 16.8. The van der Waals surface area contributed by atoms with E-state index in [1.807, 2.05) is 38.1 Å². The van der Waals surface area contributed by atoms with E-state index in [0.29, 0.717) is 29.7 Å². The van der Waals surface area contributed by atoms with Gasteiger partial charge in [-0.25, -0.2) is 0 Å². The zero-order valence-electron chi connectivity index (χ0n) is 13.0. The van der Waals surface area contributed by atoms with Crippen LogP contribution in [0.25, 0.3) is 0 Å². The SMILES string of the molecule is CC1(C)CC(=O)C2=C(C1)OC(N)=C(C#N)C2c1cccc(I)c1. The monoisotopic (exact) mass is 420 g/mol. The molecule has 1 heterocycles. The summed E-state index contributed by atoms with van der Waals surface area (Å²) in [5.41, 5.74) is 7.64. The molecule has 23 heavy (non-hydrogen) atoms. The van der Waals surface area contributed by atoms with E-state index >= 15 is 0 Å². The van der Waals surface area contributed by atoms with Crippen molar-refractivity contribution >= 4 is 28.4 Å². The largest absolute Gasteiger partial charge is 0.444 e. The number of rotatable bonds is 1. The van der Waals surface area contributed by atoms with Gasteiger partial charge in [0.2, 0.25) is 5.88 Å². The van der Waals surface area contributed by atoms with Crippen LogP contribution in [-0.2, 0) is 9.53 Å². The number of benzene rings is 1. The molecule has 0 fully saturated rings. The van der Waals surface area contributed by atoms with Gasteiger partial charge in [0, 0.05) is 22.0 Å². The van der Waals surface area contributed by atoms with E-state index in [1.54, 1.807) is 0 Å². The number of Topliss-reactive ketones (excluding diaryl/α,β-unsaturated/α-hetero) is 1. The minimum atomic E-state index is -0.429. The maximum absolute atomic E-state index is 12.8. The minimum Gasteiger partial charge on any atom is -0.444 e. The van der Waals surface area contributed by atoms with Gasteiger partial charge in [-0.15, -0.1) is 0 Å². The molecule has 0 spiro atoms. The maximum atomic E-state index is 12.8. The molecule has 2 aliphatic rings. The topological polar surface area (TPSA) is 76.1 Å². The number of ketones is 1. The van der Waals surface area contributed by atoms with E-state index < -0.39 is 5.92 Å². The number of hydrogen-bond donors (Lipinski definition) is 1. The molecule has 5 heteroatoms. The quantitative estimate of drug-likeness (QED) is 0.703. The number of allylic oxidation sites excluding steroid dienone is 3. The van der Waals surface area contributed by atoms with Crippen molar-refractivity contribution in [2.24, 2.45) is 11.1 Å². The highest BCUT2D eigenvalue weighted by Crippen LogP contribution is 2.47. The van der Waals surface area contributed by atoms with Crippen LogP contribution in [0.3, 0.4) is 0 Å². The van der Waals surface area contributed by atoms with Crippen molar-refractivity contribution in [1.29, 1.82) is 5.26 Å². The number of carbonyl (C=O) groups is 1. The summed E-state index contributed by atoms with van der Waals surface area (Å²) in [5, 5.41) is 9.54. The second-order valence-electron chi connectivity index (χ2n) is 6.76. The first-order chi connectivity index (χ1) is 10.8. The predicted molar refractivity (Wildman–Crippen MR) is 94.9 cm³/mol. The normalized spacial score (nSPS) is 23.2. The van der Waals surface area contributed by atoms with Gasteiger partial charge in [0.15, 0.2) is 5.78 Å². The van der Waals surface area contributed by atoms with Crippen LogP contribution >= 0.6 is 22.6 Å². The lowest BCUT2D eigenvalue weighted by molar-refractivity contribution is -0.119. The molecule has 0 radical (unpaired) electrons. The van der Waals surface area contributed by atoms with Gasteiger partial charge in [0.05, 0.1) is 5.92 Å². The Balaban J connectivity index is 2.19. The molecule has 3 rings (SSSR count). The average Bonchev–Trinajstić information content (AvgIpc) is 2.44. The molecule has 1 aliphatic carbocycles. The Labute approximate surface area is 149 Å². The molecule has 1 aromatic carbocycles. The highest BCUT2D eigenvalue weighted by molar-refractivity contribution is 14.1. The lowest BCUT2D eigenvalue weighted by Crippen LogP contribution is -2.33. The third-order valence-electron chi connectivity index (χ3n) is 4.26. The zero-order valence-corrected chi connectivity index (χ0v) is 15.2. The highest BCUT2D eigenvalue weighted by atomic mass is 127. The van der Waals surface area contributed by atoms with Gasteiger partial charge >= 0.3 is 0 Å². The smallest absolute Gasteiger partial charge is 0.205 e. The fourth-order valence-corrected chi connectivity index (χ4v) is 3.87. The number of nitriles is 1. The first-order valence-electron chi connectivity index (χ1n) is 7.42. The van der Waals surface area contributed by atoms with E-state index in [2.05, 4.69) is 28.7 Å². The standard InChI is InChI=1S/C18H17IN2O2/c1-18(2)7-13(22)16-14(8-18)23-17(21)12(9-20)15(16)10-4-3-5-11(19)6-10/h3-6,15H,7-8,21H2,1-2H3. The number of halogens is 1. The summed E-state index contributed by atoms with van der Waals surface area (Å²) in [4.78, 5) is 12.8. The summed E-state index contributed by atoms with van der Waals surface area (Å²) in [6.07, 6.45) is 1.10. The predicted octanol–water partition coefficient (Wildman–Crippen LogP) is 3.74. The van der Waals surface area contributed by atoms with E-state index in [4.69, 9.17) is 10.5 Å². The van der Waals surface area contributed by atoms with Gasteiger partial charge in [-0.2, -0.15) is 5.26 Å². The van der Waals surface area contributed by atoms with E-state index in [0.717, 1.165) is 9.13 Å². The van der Waals surface area contributed by atoms with Crippen molar-refractivity contribution in [1.82, 2.24) is 0 Å². The van der Waals surface area contributed by atoms with Crippen molar-refractivity contribution in [3.8, 4) is 6.07 Å². The Kier molecular flexibility index (Phi) is 3.96. The Morgan fingerprint density at radius 2 is 2.13 bits per heavy atom. The van der Waals surface area contributed by atoms with E-state index in [1.165, 1.54) is 0 Å². The number of hydrogen-bond acceptors (Lipinski definition) is 4. The first kappa shape index (κ1) is 16.1. The number of ether oxygens (including phenoxy) is 1. The van der Waals surface area contributed by atoms with Crippen LogP contribution in [0, 0.1) is 20.3 Å². The van der Waals surface area contributed by atoms with Gasteiger partial charge < -0.3 is 10.5 Å². The lowest BCUT2D eigenvalue weighted by Gasteiger charge is -2.37. The van der Waals surface area contributed by atoms with Crippen LogP contribution in [0.5, 0.6) is 0 Å². The van der Waals surface area contributed by atoms with Crippen LogP contribution in [0.2, 0.25) is 0 Å². The van der Waals surface area contributed by atoms with Crippen LogP contribution in [0.1, 0.15) is 38.2 Å². The van der Waals surface area contributed by atoms with Crippen molar-refractivity contribution in [2.75, 3.05) is 0 Å².